The Morgan fingerprint density at radius 2 is 0.742 bits per heavy atom. The average molecular weight is 796 g/mol. The van der Waals surface area contributed by atoms with Crippen molar-refractivity contribution < 1.29 is 8.83 Å². The molecule has 0 bridgehead atoms. The van der Waals surface area contributed by atoms with Crippen molar-refractivity contribution in [2.24, 2.45) is 0 Å². The molecule has 0 fully saturated rings. The summed E-state index contributed by atoms with van der Waals surface area (Å²) in [6, 6.07) is 67.6. The zero-order chi connectivity index (χ0) is 41.0. The zero-order valence-corrected chi connectivity index (χ0v) is 33.1. The fraction of sp³-hybridized carbons (Fsp3) is 0. The van der Waals surface area contributed by atoms with Crippen molar-refractivity contribution in [1.29, 1.82) is 0 Å². The summed E-state index contributed by atoms with van der Waals surface area (Å²) in [6.07, 6.45) is 0. The number of benzene rings is 8. The highest BCUT2D eigenvalue weighted by Crippen LogP contribution is 2.42. The Hall–Kier alpha value is -8.55. The second kappa shape index (κ2) is 14.6. The van der Waals surface area contributed by atoms with Gasteiger partial charge in [-0.3, -0.25) is 0 Å². The Morgan fingerprint density at radius 3 is 1.37 bits per heavy atom. The molecule has 0 aliphatic heterocycles. The first-order valence-corrected chi connectivity index (χ1v) is 20.5. The van der Waals surface area contributed by atoms with Crippen LogP contribution in [-0.2, 0) is 0 Å². The van der Waals surface area contributed by atoms with Crippen LogP contribution in [0.25, 0.3) is 123 Å². The van der Waals surface area contributed by atoms with Gasteiger partial charge in [-0.15, -0.1) is 0 Å². The lowest BCUT2D eigenvalue weighted by molar-refractivity contribution is 0.667. The van der Waals surface area contributed by atoms with Gasteiger partial charge in [-0.25, -0.2) is 24.9 Å². The highest BCUT2D eigenvalue weighted by atomic mass is 16.3. The molecule has 8 aromatic carbocycles. The molecule has 0 aliphatic rings. The van der Waals surface area contributed by atoms with Crippen LogP contribution >= 0.6 is 0 Å². The maximum absolute atomic E-state index is 6.96. The van der Waals surface area contributed by atoms with Gasteiger partial charge in [0.1, 0.15) is 28.0 Å². The summed E-state index contributed by atoms with van der Waals surface area (Å²) < 4.78 is 13.5. The molecule has 4 heterocycles. The molecule has 12 aromatic rings. The Labute approximate surface area is 355 Å². The van der Waals surface area contributed by atoms with E-state index in [1.807, 2.05) is 115 Å². The number of rotatable bonds is 7. The Balaban J connectivity index is 1.01. The lowest BCUT2D eigenvalue weighted by Gasteiger charge is -2.09. The Morgan fingerprint density at radius 1 is 0.274 bits per heavy atom. The molecule has 0 radical (unpaired) electrons. The first kappa shape index (κ1) is 35.4. The van der Waals surface area contributed by atoms with E-state index in [9.17, 15) is 0 Å². The maximum atomic E-state index is 6.96. The molecule has 0 unspecified atom stereocenters. The third-order valence-electron chi connectivity index (χ3n) is 11.4. The van der Waals surface area contributed by atoms with Crippen molar-refractivity contribution >= 4 is 44.0 Å². The van der Waals surface area contributed by atoms with Gasteiger partial charge in [-0.05, 0) is 34.9 Å². The predicted octanol–water partition coefficient (Wildman–Crippen LogP) is 14.1. The summed E-state index contributed by atoms with van der Waals surface area (Å²) in [5, 5.41) is 2.86. The predicted molar refractivity (Wildman–Crippen MR) is 248 cm³/mol. The summed E-state index contributed by atoms with van der Waals surface area (Å²) in [4.78, 5) is 25.4. The van der Waals surface area contributed by atoms with E-state index in [1.165, 1.54) is 0 Å². The third kappa shape index (κ3) is 6.11. The van der Waals surface area contributed by atoms with E-state index < -0.39 is 0 Å². The molecule has 0 saturated carbocycles. The van der Waals surface area contributed by atoms with Crippen LogP contribution in [0, 0.1) is 0 Å². The number of fused-ring (bicyclic) bond motifs is 6. The summed E-state index contributed by atoms with van der Waals surface area (Å²) in [5.41, 5.74) is 13.0. The number of hydrogen-bond donors (Lipinski definition) is 0. The lowest BCUT2D eigenvalue weighted by Crippen LogP contribution is -2.00. The number of hydrogen-bond acceptors (Lipinski definition) is 7. The van der Waals surface area contributed by atoms with Crippen molar-refractivity contribution in [3.8, 4) is 79.1 Å². The van der Waals surface area contributed by atoms with Crippen LogP contribution in [0.3, 0.4) is 0 Å². The van der Waals surface area contributed by atoms with Crippen LogP contribution in [0.1, 0.15) is 0 Å². The van der Waals surface area contributed by atoms with Crippen LogP contribution in [0.4, 0.5) is 0 Å². The van der Waals surface area contributed by atoms with Gasteiger partial charge in [0.15, 0.2) is 28.9 Å². The fourth-order valence-corrected chi connectivity index (χ4v) is 8.33. The Kier molecular flexibility index (Phi) is 8.35. The van der Waals surface area contributed by atoms with Gasteiger partial charge in [0.25, 0.3) is 0 Å². The topological polar surface area (TPSA) is 90.7 Å². The van der Waals surface area contributed by atoms with E-state index in [2.05, 4.69) is 84.9 Å². The van der Waals surface area contributed by atoms with Gasteiger partial charge >= 0.3 is 0 Å². The van der Waals surface area contributed by atoms with Crippen LogP contribution in [0.5, 0.6) is 0 Å². The van der Waals surface area contributed by atoms with Gasteiger partial charge < -0.3 is 8.83 Å². The smallest absolute Gasteiger partial charge is 0.180 e. The minimum absolute atomic E-state index is 0.529. The SMILES string of the molecule is c1ccc(-c2ccc(-c3nc(-c4ccccc4)nc(-c4cccc5c4oc4c(-c6ccc7oc8c(-c9ccccc9)nc(-c9ccccc9)nc8c7c6)cccc45)n3)cc2)cc1. The molecule has 7 nitrogen and oxygen atoms in total. The van der Waals surface area contributed by atoms with Crippen molar-refractivity contribution in [1.82, 2.24) is 24.9 Å². The van der Waals surface area contributed by atoms with Gasteiger partial charge in [0, 0.05) is 44.0 Å². The second-order valence-corrected chi connectivity index (χ2v) is 15.2. The molecule has 0 atom stereocenters. The van der Waals surface area contributed by atoms with E-state index >= 15 is 0 Å². The third-order valence-corrected chi connectivity index (χ3v) is 11.4. The van der Waals surface area contributed by atoms with Gasteiger partial charge in [-0.1, -0.05) is 182 Å². The average Bonchev–Trinajstić information content (AvgIpc) is 3.93. The van der Waals surface area contributed by atoms with Crippen molar-refractivity contribution in [2.75, 3.05) is 0 Å². The summed E-state index contributed by atoms with van der Waals surface area (Å²) in [7, 11) is 0. The molecule has 12 rings (SSSR count). The molecule has 290 valence electrons. The van der Waals surface area contributed by atoms with E-state index in [0.29, 0.717) is 34.5 Å². The number of nitrogens with zero attached hydrogens (tertiary/aromatic N) is 5. The van der Waals surface area contributed by atoms with Crippen molar-refractivity contribution in [3.05, 3.63) is 200 Å². The van der Waals surface area contributed by atoms with Crippen LogP contribution in [-0.4, -0.2) is 24.9 Å². The van der Waals surface area contributed by atoms with E-state index in [-0.39, 0.29) is 0 Å². The number of aromatic nitrogens is 5. The Bertz CT molecular complexity index is 3610. The van der Waals surface area contributed by atoms with Crippen LogP contribution in [0.15, 0.2) is 209 Å². The molecular formula is C55H33N5O2. The zero-order valence-electron chi connectivity index (χ0n) is 33.1. The monoisotopic (exact) mass is 795 g/mol. The highest BCUT2D eigenvalue weighted by Gasteiger charge is 2.22. The van der Waals surface area contributed by atoms with Gasteiger partial charge in [0.2, 0.25) is 0 Å². The van der Waals surface area contributed by atoms with Crippen molar-refractivity contribution in [3.63, 3.8) is 0 Å². The molecule has 7 heteroatoms. The summed E-state index contributed by atoms with van der Waals surface area (Å²) in [6.45, 7) is 0. The molecule has 0 aliphatic carbocycles. The van der Waals surface area contributed by atoms with E-state index in [0.717, 1.165) is 88.6 Å². The summed E-state index contributed by atoms with van der Waals surface area (Å²) >= 11 is 0. The second-order valence-electron chi connectivity index (χ2n) is 15.2. The molecule has 0 saturated heterocycles. The molecular weight excluding hydrogens is 763 g/mol. The summed E-state index contributed by atoms with van der Waals surface area (Å²) in [5.74, 6) is 2.33. The highest BCUT2D eigenvalue weighted by molar-refractivity contribution is 6.14. The van der Waals surface area contributed by atoms with Gasteiger partial charge in [0.05, 0.1) is 5.56 Å². The lowest BCUT2D eigenvalue weighted by atomic mass is 10.0. The van der Waals surface area contributed by atoms with Crippen LogP contribution in [0.2, 0.25) is 0 Å². The standard InChI is InChI=1S/C55H33N5O2/c1-5-15-34(16-6-1)35-27-29-39(30-28-35)54-58-53(38-21-11-4-12-22-38)59-55(60-54)44-26-14-25-43-42-24-13-23-41(49(42)62-50(43)44)40-31-32-46-45(33-40)48-51(61-46)47(36-17-7-2-8-18-36)56-52(57-48)37-19-9-3-10-20-37/h1-33H. The minimum Gasteiger partial charge on any atom is -0.455 e. The first-order chi connectivity index (χ1) is 30.7. The molecule has 0 N–H and O–H groups in total. The fourth-order valence-electron chi connectivity index (χ4n) is 8.33. The molecule has 0 amide bonds. The molecule has 0 spiro atoms. The maximum Gasteiger partial charge on any atom is 0.180 e. The van der Waals surface area contributed by atoms with Crippen LogP contribution < -0.4 is 0 Å². The largest absolute Gasteiger partial charge is 0.455 e. The minimum atomic E-state index is 0.529. The van der Waals surface area contributed by atoms with Crippen molar-refractivity contribution in [2.45, 2.75) is 0 Å². The molecule has 62 heavy (non-hydrogen) atoms. The normalized spacial score (nSPS) is 11.5. The van der Waals surface area contributed by atoms with Gasteiger partial charge in [-0.2, -0.15) is 0 Å². The number of para-hydroxylation sites is 2. The first-order valence-electron chi connectivity index (χ1n) is 20.5. The number of furan rings is 2. The van der Waals surface area contributed by atoms with E-state index in [1.54, 1.807) is 0 Å². The molecule has 4 aromatic heterocycles. The van der Waals surface area contributed by atoms with E-state index in [4.69, 9.17) is 33.8 Å². The quantitative estimate of drug-likeness (QED) is 0.159.